The van der Waals surface area contributed by atoms with Gasteiger partial charge in [-0.25, -0.2) is 4.79 Å². The first kappa shape index (κ1) is 17.0. The molecule has 2 amide bonds. The van der Waals surface area contributed by atoms with Crippen LogP contribution < -0.4 is 10.6 Å². The van der Waals surface area contributed by atoms with Gasteiger partial charge in [0, 0.05) is 12.1 Å². The Morgan fingerprint density at radius 2 is 1.71 bits per heavy atom. The fraction of sp³-hybridized carbons (Fsp3) is 0.500. The molecule has 5 nitrogen and oxygen atoms in total. The average molecular weight is 292 g/mol. The van der Waals surface area contributed by atoms with E-state index in [1.165, 1.54) is 5.56 Å². The van der Waals surface area contributed by atoms with Crippen molar-refractivity contribution < 1.29 is 14.7 Å². The lowest BCUT2D eigenvalue weighted by Gasteiger charge is -2.20. The van der Waals surface area contributed by atoms with Crippen molar-refractivity contribution in [3.05, 3.63) is 35.9 Å². The summed E-state index contributed by atoms with van der Waals surface area (Å²) >= 11 is 0. The molecule has 0 aliphatic rings. The molecule has 1 aromatic carbocycles. The third-order valence-electron chi connectivity index (χ3n) is 3.58. The highest BCUT2D eigenvalue weighted by Gasteiger charge is 2.21. The van der Waals surface area contributed by atoms with Crippen LogP contribution in [-0.4, -0.2) is 29.2 Å². The molecule has 0 bridgehead atoms. The molecular weight excluding hydrogens is 268 g/mol. The quantitative estimate of drug-likeness (QED) is 0.722. The normalized spacial score (nSPS) is 14.8. The Morgan fingerprint density at radius 3 is 2.29 bits per heavy atom. The summed E-state index contributed by atoms with van der Waals surface area (Å²) < 4.78 is 0. The predicted molar refractivity (Wildman–Crippen MR) is 82.2 cm³/mol. The van der Waals surface area contributed by atoms with Gasteiger partial charge in [-0.3, -0.25) is 4.79 Å². The predicted octanol–water partition coefficient (Wildman–Crippen LogP) is 2.42. The maximum absolute atomic E-state index is 11.8. The molecule has 5 heteroatoms. The summed E-state index contributed by atoms with van der Waals surface area (Å²) in [5, 5.41) is 14.4. The lowest BCUT2D eigenvalue weighted by Crippen LogP contribution is -2.47. The molecule has 3 atom stereocenters. The smallest absolute Gasteiger partial charge is 0.315 e. The van der Waals surface area contributed by atoms with E-state index >= 15 is 0 Å². The standard InChI is InChI=1S/C16H24N2O3/c1-11(9-10-14-7-5-4-6-8-14)17-16(21)18-13(3)12(2)15(19)20/h4-8,11-13H,9-10H2,1-3H3,(H,19,20)(H2,17,18,21). The van der Waals surface area contributed by atoms with E-state index in [0.29, 0.717) is 0 Å². The summed E-state index contributed by atoms with van der Waals surface area (Å²) in [6.45, 7) is 5.20. The number of carboxylic acid groups (broad SMARTS) is 1. The second-order valence-corrected chi connectivity index (χ2v) is 5.46. The SMILES string of the molecule is CC(CCc1ccccc1)NC(=O)NC(C)C(C)C(=O)O. The number of amides is 2. The lowest BCUT2D eigenvalue weighted by atomic mass is 10.0. The topological polar surface area (TPSA) is 78.4 Å². The van der Waals surface area contributed by atoms with Gasteiger partial charge in [0.25, 0.3) is 0 Å². The fourth-order valence-electron chi connectivity index (χ4n) is 1.91. The molecule has 0 aliphatic carbocycles. The molecular formula is C16H24N2O3. The zero-order valence-electron chi connectivity index (χ0n) is 12.8. The number of carbonyl (C=O) groups excluding carboxylic acids is 1. The van der Waals surface area contributed by atoms with Gasteiger partial charge in [0.2, 0.25) is 0 Å². The Kier molecular flexibility index (Phi) is 6.72. The highest BCUT2D eigenvalue weighted by atomic mass is 16.4. The summed E-state index contributed by atoms with van der Waals surface area (Å²) in [6, 6.07) is 9.37. The average Bonchev–Trinajstić information content (AvgIpc) is 2.45. The number of benzene rings is 1. The van der Waals surface area contributed by atoms with E-state index in [1.54, 1.807) is 13.8 Å². The number of aryl methyl sites for hydroxylation is 1. The second kappa shape index (κ2) is 8.29. The van der Waals surface area contributed by atoms with Crippen LogP contribution in [0, 0.1) is 5.92 Å². The highest BCUT2D eigenvalue weighted by Crippen LogP contribution is 2.05. The van der Waals surface area contributed by atoms with Gasteiger partial charge in [0.1, 0.15) is 0 Å². The van der Waals surface area contributed by atoms with Crippen LogP contribution in [0.3, 0.4) is 0 Å². The van der Waals surface area contributed by atoms with Crippen LogP contribution in [0.4, 0.5) is 4.79 Å². The fourth-order valence-corrected chi connectivity index (χ4v) is 1.91. The van der Waals surface area contributed by atoms with Gasteiger partial charge in [-0.15, -0.1) is 0 Å². The van der Waals surface area contributed by atoms with E-state index in [-0.39, 0.29) is 12.1 Å². The van der Waals surface area contributed by atoms with Crippen molar-refractivity contribution >= 4 is 12.0 Å². The largest absolute Gasteiger partial charge is 0.481 e. The van der Waals surface area contributed by atoms with E-state index in [4.69, 9.17) is 5.11 Å². The molecule has 0 fully saturated rings. The first-order chi connectivity index (χ1) is 9.90. The number of carboxylic acids is 1. The van der Waals surface area contributed by atoms with Crippen LogP contribution in [0.15, 0.2) is 30.3 Å². The van der Waals surface area contributed by atoms with E-state index < -0.39 is 17.9 Å². The molecule has 0 heterocycles. The van der Waals surface area contributed by atoms with Gasteiger partial charge in [-0.2, -0.15) is 0 Å². The van der Waals surface area contributed by atoms with Crippen LogP contribution in [0.5, 0.6) is 0 Å². The van der Waals surface area contributed by atoms with Gasteiger partial charge < -0.3 is 15.7 Å². The maximum atomic E-state index is 11.8. The van der Waals surface area contributed by atoms with Gasteiger partial charge in [0.15, 0.2) is 0 Å². The molecule has 1 rings (SSSR count). The molecule has 0 radical (unpaired) electrons. The molecule has 0 aliphatic heterocycles. The van der Waals surface area contributed by atoms with Crippen LogP contribution in [0.1, 0.15) is 32.8 Å². The molecule has 0 aromatic heterocycles. The summed E-state index contributed by atoms with van der Waals surface area (Å²) in [5.74, 6) is -1.53. The summed E-state index contributed by atoms with van der Waals surface area (Å²) in [4.78, 5) is 22.6. The molecule has 116 valence electrons. The molecule has 3 N–H and O–H groups in total. The minimum Gasteiger partial charge on any atom is -0.481 e. The van der Waals surface area contributed by atoms with E-state index in [1.807, 2.05) is 25.1 Å². The number of carbonyl (C=O) groups is 2. The monoisotopic (exact) mass is 292 g/mol. The lowest BCUT2D eigenvalue weighted by molar-refractivity contribution is -0.141. The number of urea groups is 1. The van der Waals surface area contributed by atoms with Crippen molar-refractivity contribution in [2.24, 2.45) is 5.92 Å². The Bertz CT molecular complexity index is 462. The molecule has 0 spiro atoms. The Morgan fingerprint density at radius 1 is 1.10 bits per heavy atom. The molecule has 3 unspecified atom stereocenters. The van der Waals surface area contributed by atoms with Gasteiger partial charge >= 0.3 is 12.0 Å². The maximum Gasteiger partial charge on any atom is 0.315 e. The van der Waals surface area contributed by atoms with Crippen molar-refractivity contribution in [2.45, 2.75) is 45.7 Å². The minimum absolute atomic E-state index is 0.0255. The molecule has 1 aromatic rings. The Hall–Kier alpha value is -2.04. The van der Waals surface area contributed by atoms with Gasteiger partial charge in [-0.1, -0.05) is 30.3 Å². The summed E-state index contributed by atoms with van der Waals surface area (Å²) in [5.41, 5.74) is 1.24. The zero-order chi connectivity index (χ0) is 15.8. The van der Waals surface area contributed by atoms with Crippen molar-refractivity contribution in [1.29, 1.82) is 0 Å². The third-order valence-corrected chi connectivity index (χ3v) is 3.58. The van der Waals surface area contributed by atoms with Gasteiger partial charge in [-0.05, 0) is 39.2 Å². The summed E-state index contributed by atoms with van der Waals surface area (Å²) in [7, 11) is 0. The highest BCUT2D eigenvalue weighted by molar-refractivity contribution is 5.76. The van der Waals surface area contributed by atoms with Crippen molar-refractivity contribution in [2.75, 3.05) is 0 Å². The van der Waals surface area contributed by atoms with Crippen LogP contribution in [-0.2, 0) is 11.2 Å². The minimum atomic E-state index is -0.917. The van der Waals surface area contributed by atoms with Crippen LogP contribution >= 0.6 is 0 Å². The zero-order valence-corrected chi connectivity index (χ0v) is 12.8. The number of hydrogen-bond acceptors (Lipinski definition) is 2. The summed E-state index contributed by atoms with van der Waals surface area (Å²) in [6.07, 6.45) is 1.73. The van der Waals surface area contributed by atoms with Crippen molar-refractivity contribution in [3.8, 4) is 0 Å². The number of hydrogen-bond donors (Lipinski definition) is 3. The van der Waals surface area contributed by atoms with E-state index in [0.717, 1.165) is 12.8 Å². The number of nitrogens with one attached hydrogen (secondary N) is 2. The van der Waals surface area contributed by atoms with Crippen LogP contribution in [0.25, 0.3) is 0 Å². The van der Waals surface area contributed by atoms with Crippen molar-refractivity contribution in [3.63, 3.8) is 0 Å². The van der Waals surface area contributed by atoms with E-state index in [2.05, 4.69) is 22.8 Å². The molecule has 0 saturated heterocycles. The van der Waals surface area contributed by atoms with Crippen LogP contribution in [0.2, 0.25) is 0 Å². The molecule has 0 saturated carbocycles. The van der Waals surface area contributed by atoms with Crippen molar-refractivity contribution in [1.82, 2.24) is 10.6 Å². The Labute approximate surface area is 125 Å². The number of aliphatic carboxylic acids is 1. The second-order valence-electron chi connectivity index (χ2n) is 5.46. The van der Waals surface area contributed by atoms with Gasteiger partial charge in [0.05, 0.1) is 5.92 Å². The first-order valence-corrected chi connectivity index (χ1v) is 7.24. The Balaban J connectivity index is 2.32. The third kappa shape index (κ3) is 6.29. The first-order valence-electron chi connectivity index (χ1n) is 7.24. The van der Waals surface area contributed by atoms with E-state index in [9.17, 15) is 9.59 Å². The number of rotatable bonds is 7. The molecule has 21 heavy (non-hydrogen) atoms.